The second-order valence-electron chi connectivity index (χ2n) is 9.97. The third-order valence-corrected chi connectivity index (χ3v) is 7.05. The third kappa shape index (κ3) is 2.45. The largest absolute Gasteiger partial charge is 0.281 e. The van der Waals surface area contributed by atoms with Gasteiger partial charge in [0.1, 0.15) is 5.69 Å². The van der Waals surface area contributed by atoms with Crippen LogP contribution in [0.25, 0.3) is 11.3 Å². The van der Waals surface area contributed by atoms with E-state index in [4.69, 9.17) is 4.98 Å². The maximum Gasteiger partial charge on any atom is 0.202 e. The van der Waals surface area contributed by atoms with Crippen LogP contribution in [-0.2, 0) is 0 Å². The quantitative estimate of drug-likeness (QED) is 0.431. The normalized spacial score (nSPS) is 18.3. The fraction of sp³-hybridized carbons (Fsp3) is 0.370. The summed E-state index contributed by atoms with van der Waals surface area (Å²) in [4.78, 5) is 7.45. The van der Waals surface area contributed by atoms with Gasteiger partial charge in [0, 0.05) is 17.8 Å². The van der Waals surface area contributed by atoms with Crippen LogP contribution in [0.4, 0.5) is 17.1 Å². The minimum atomic E-state index is 0.195. The Labute approximate surface area is 180 Å². The van der Waals surface area contributed by atoms with Crippen LogP contribution in [0.1, 0.15) is 68.0 Å². The van der Waals surface area contributed by atoms with E-state index in [0.717, 1.165) is 10.2 Å². The Morgan fingerprint density at radius 1 is 0.900 bits per heavy atom. The predicted molar refractivity (Wildman–Crippen MR) is 128 cm³/mol. The highest BCUT2D eigenvalue weighted by Crippen LogP contribution is 2.60. The highest BCUT2D eigenvalue weighted by atomic mass is 15.5. The minimum absolute atomic E-state index is 0.195. The van der Waals surface area contributed by atoms with Gasteiger partial charge < -0.3 is 0 Å². The second-order valence-corrected chi connectivity index (χ2v) is 9.97. The van der Waals surface area contributed by atoms with Gasteiger partial charge in [-0.25, -0.2) is 0 Å². The van der Waals surface area contributed by atoms with E-state index in [2.05, 4.69) is 96.1 Å². The number of hydrogen-bond acceptors (Lipinski definition) is 2. The molecule has 1 aromatic heterocycles. The second kappa shape index (κ2) is 6.42. The van der Waals surface area contributed by atoms with Crippen LogP contribution in [0.2, 0.25) is 0 Å². The Morgan fingerprint density at radius 2 is 1.57 bits per heavy atom. The molecule has 5 rings (SSSR count). The van der Waals surface area contributed by atoms with E-state index in [-0.39, 0.29) is 6.17 Å². The predicted octanol–water partition coefficient (Wildman–Crippen LogP) is 7.03. The van der Waals surface area contributed by atoms with Crippen LogP contribution in [0, 0.1) is 6.92 Å². The average molecular weight is 399 g/mol. The first kappa shape index (κ1) is 19.3. The van der Waals surface area contributed by atoms with Crippen molar-refractivity contribution in [1.82, 2.24) is 9.47 Å². The van der Waals surface area contributed by atoms with Crippen molar-refractivity contribution in [1.29, 1.82) is 0 Å². The molecule has 3 aromatic rings. The highest BCUT2D eigenvalue weighted by Gasteiger charge is 2.52. The molecular weight excluding hydrogens is 366 g/mol. The van der Waals surface area contributed by atoms with Gasteiger partial charge in [-0.3, -0.25) is 14.4 Å². The molecule has 0 amide bonds. The molecular formula is C27H32N3+. The van der Waals surface area contributed by atoms with E-state index >= 15 is 0 Å². The molecule has 1 atom stereocenters. The number of quaternary nitrogens is 1. The molecule has 30 heavy (non-hydrogen) atoms. The molecule has 1 unspecified atom stereocenters. The van der Waals surface area contributed by atoms with E-state index in [0.29, 0.717) is 11.8 Å². The Kier molecular flexibility index (Phi) is 4.14. The summed E-state index contributed by atoms with van der Waals surface area (Å²) >= 11 is 0. The van der Waals surface area contributed by atoms with Crippen molar-refractivity contribution < 1.29 is 0 Å². The zero-order chi connectivity index (χ0) is 21.4. The lowest BCUT2D eigenvalue weighted by molar-refractivity contribution is 0.322. The molecule has 154 valence electrons. The van der Waals surface area contributed by atoms with Crippen molar-refractivity contribution in [2.75, 3.05) is 19.0 Å². The molecule has 0 radical (unpaired) electrons. The maximum atomic E-state index is 4.87. The molecule has 2 aromatic carbocycles. The van der Waals surface area contributed by atoms with Crippen LogP contribution in [0.15, 0.2) is 48.7 Å². The van der Waals surface area contributed by atoms with Crippen LogP contribution in [-0.4, -0.2) is 19.1 Å². The van der Waals surface area contributed by atoms with E-state index < -0.39 is 0 Å². The number of para-hydroxylation sites is 1. The minimum Gasteiger partial charge on any atom is -0.281 e. The number of pyridine rings is 1. The number of benzene rings is 2. The monoisotopic (exact) mass is 398 g/mol. The maximum absolute atomic E-state index is 4.87. The summed E-state index contributed by atoms with van der Waals surface area (Å²) in [5.41, 5.74) is 12.0. The summed E-state index contributed by atoms with van der Waals surface area (Å²) in [6.07, 6.45) is 2.15. The average Bonchev–Trinajstić information content (AvgIpc) is 2.94. The van der Waals surface area contributed by atoms with E-state index in [1.807, 2.05) is 6.20 Å². The molecule has 0 saturated heterocycles. The Bertz CT molecular complexity index is 1160. The molecule has 2 aliphatic rings. The number of aromatic nitrogens is 1. The standard InChI is InChI=1S/C27H32N3/c1-16(2)20-14-23-24(15-21(20)17(3)4)30(6,7)27-25-18(5)12-13-28-26(25)19-10-8-9-11-22(19)29(23)27/h8-17,27H,1-7H3/q+1. The zero-order valence-corrected chi connectivity index (χ0v) is 19.2. The molecule has 0 N–H and O–H groups in total. The van der Waals surface area contributed by atoms with Crippen molar-refractivity contribution in [3.05, 3.63) is 70.9 Å². The number of nitrogens with zero attached hydrogens (tertiary/aromatic N) is 3. The number of anilines is 2. The van der Waals surface area contributed by atoms with Gasteiger partial charge in [0.2, 0.25) is 6.17 Å². The van der Waals surface area contributed by atoms with Crippen molar-refractivity contribution in [3.63, 3.8) is 0 Å². The van der Waals surface area contributed by atoms with Crippen molar-refractivity contribution in [3.8, 4) is 11.3 Å². The van der Waals surface area contributed by atoms with E-state index in [1.165, 1.54) is 44.9 Å². The van der Waals surface area contributed by atoms with Crippen LogP contribution in [0.3, 0.4) is 0 Å². The summed E-state index contributed by atoms with van der Waals surface area (Å²) in [6.45, 7) is 11.5. The lowest BCUT2D eigenvalue weighted by Crippen LogP contribution is -2.47. The Morgan fingerprint density at radius 3 is 2.27 bits per heavy atom. The van der Waals surface area contributed by atoms with E-state index in [1.54, 1.807) is 0 Å². The van der Waals surface area contributed by atoms with Crippen molar-refractivity contribution in [2.45, 2.75) is 52.6 Å². The first-order chi connectivity index (χ1) is 14.2. The van der Waals surface area contributed by atoms with Crippen LogP contribution >= 0.6 is 0 Å². The molecule has 0 bridgehead atoms. The van der Waals surface area contributed by atoms with Crippen molar-refractivity contribution in [2.24, 2.45) is 0 Å². The fourth-order valence-corrected chi connectivity index (χ4v) is 5.52. The van der Waals surface area contributed by atoms with Gasteiger partial charge in [0.15, 0.2) is 5.69 Å². The fourth-order valence-electron chi connectivity index (χ4n) is 5.52. The van der Waals surface area contributed by atoms with Crippen LogP contribution in [0.5, 0.6) is 0 Å². The first-order valence-electron chi connectivity index (χ1n) is 11.1. The number of rotatable bonds is 2. The summed E-state index contributed by atoms with van der Waals surface area (Å²) < 4.78 is 0.807. The molecule has 0 aliphatic carbocycles. The highest BCUT2D eigenvalue weighted by molar-refractivity contribution is 5.93. The van der Waals surface area contributed by atoms with Gasteiger partial charge in [-0.15, -0.1) is 0 Å². The Hall–Kier alpha value is -2.65. The number of fused-ring (bicyclic) bond motifs is 8. The summed E-state index contributed by atoms with van der Waals surface area (Å²) in [7, 11) is 4.71. The number of aryl methyl sites for hydroxylation is 1. The molecule has 3 heterocycles. The van der Waals surface area contributed by atoms with Gasteiger partial charge in [0.25, 0.3) is 0 Å². The summed E-state index contributed by atoms with van der Waals surface area (Å²) in [5, 5.41) is 0. The van der Waals surface area contributed by atoms with Gasteiger partial charge in [0.05, 0.1) is 31.0 Å². The Balaban J connectivity index is 1.88. The lowest BCUT2D eigenvalue weighted by Gasteiger charge is -2.40. The van der Waals surface area contributed by atoms with Gasteiger partial charge in [-0.1, -0.05) is 45.9 Å². The van der Waals surface area contributed by atoms with Crippen LogP contribution < -0.4 is 9.38 Å². The zero-order valence-electron chi connectivity index (χ0n) is 19.2. The van der Waals surface area contributed by atoms with Gasteiger partial charge in [-0.2, -0.15) is 0 Å². The molecule has 3 nitrogen and oxygen atoms in total. The molecule has 0 saturated carbocycles. The lowest BCUT2D eigenvalue weighted by atomic mass is 9.89. The topological polar surface area (TPSA) is 16.1 Å². The van der Waals surface area contributed by atoms with Gasteiger partial charge in [-0.05, 0) is 53.6 Å². The van der Waals surface area contributed by atoms with Gasteiger partial charge >= 0.3 is 0 Å². The molecule has 0 fully saturated rings. The molecule has 0 spiro atoms. The smallest absolute Gasteiger partial charge is 0.202 e. The number of hydrogen-bond donors (Lipinski definition) is 0. The third-order valence-electron chi connectivity index (χ3n) is 7.05. The summed E-state index contributed by atoms with van der Waals surface area (Å²) in [6, 6.07) is 15.9. The summed E-state index contributed by atoms with van der Waals surface area (Å²) in [5.74, 6) is 1.01. The first-order valence-corrected chi connectivity index (χ1v) is 11.1. The molecule has 3 heteroatoms. The van der Waals surface area contributed by atoms with Crippen molar-refractivity contribution >= 4 is 17.1 Å². The van der Waals surface area contributed by atoms with E-state index in [9.17, 15) is 0 Å². The molecule has 2 aliphatic heterocycles. The SMILES string of the molecule is Cc1ccnc2c1C1N(c3ccccc3-2)c2cc(C(C)C)c(C(C)C)cc2[N+]1(C)C.